The first kappa shape index (κ1) is 16.5. The number of rotatable bonds is 6. The monoisotopic (exact) mass is 328 g/mol. The van der Waals surface area contributed by atoms with Crippen LogP contribution in [-0.2, 0) is 11.3 Å². The summed E-state index contributed by atoms with van der Waals surface area (Å²) in [5.74, 6) is 1.24. The molecule has 0 saturated carbocycles. The quantitative estimate of drug-likeness (QED) is 0.842. The Kier molecular flexibility index (Phi) is 6.67. The smallest absolute Gasteiger partial charge is 0.230 e. The summed E-state index contributed by atoms with van der Waals surface area (Å²) in [7, 11) is 1.60. The van der Waals surface area contributed by atoms with E-state index in [0.717, 1.165) is 31.5 Å². The van der Waals surface area contributed by atoms with Crippen LogP contribution in [0.4, 0.5) is 0 Å². The fraction of sp³-hybridized carbons (Fsp3) is 0.533. The summed E-state index contributed by atoms with van der Waals surface area (Å²) in [6.45, 7) is 2.50. The Hall–Kier alpha value is -0.910. The number of halogens is 1. The summed E-state index contributed by atoms with van der Waals surface area (Å²) >= 11 is 7.89. The van der Waals surface area contributed by atoms with E-state index in [1.807, 2.05) is 12.1 Å². The topological polar surface area (TPSA) is 50.4 Å². The molecule has 2 rings (SSSR count). The van der Waals surface area contributed by atoms with Gasteiger partial charge in [0.2, 0.25) is 5.91 Å². The minimum atomic E-state index is 0.0421. The van der Waals surface area contributed by atoms with Crippen LogP contribution in [0.15, 0.2) is 18.2 Å². The average molecular weight is 329 g/mol. The molecule has 0 aliphatic carbocycles. The lowest BCUT2D eigenvalue weighted by molar-refractivity contribution is -0.118. The highest BCUT2D eigenvalue weighted by Gasteiger charge is 2.15. The van der Waals surface area contributed by atoms with Gasteiger partial charge in [0.25, 0.3) is 0 Å². The van der Waals surface area contributed by atoms with Crippen molar-refractivity contribution in [3.63, 3.8) is 0 Å². The lowest BCUT2D eigenvalue weighted by Crippen LogP contribution is -2.31. The molecule has 21 heavy (non-hydrogen) atoms. The van der Waals surface area contributed by atoms with Crippen molar-refractivity contribution < 1.29 is 9.53 Å². The maximum atomic E-state index is 11.9. The Balaban J connectivity index is 1.78. The summed E-state index contributed by atoms with van der Waals surface area (Å²) in [4.78, 5) is 11.9. The van der Waals surface area contributed by atoms with Crippen LogP contribution in [0, 0.1) is 0 Å². The number of methoxy groups -OCH3 is 1. The van der Waals surface area contributed by atoms with E-state index in [4.69, 9.17) is 16.3 Å². The third-order valence-corrected chi connectivity index (χ3v) is 5.22. The summed E-state index contributed by atoms with van der Waals surface area (Å²) in [6.07, 6.45) is 2.27. The van der Waals surface area contributed by atoms with E-state index in [-0.39, 0.29) is 5.91 Å². The van der Waals surface area contributed by atoms with Gasteiger partial charge in [-0.3, -0.25) is 4.79 Å². The van der Waals surface area contributed by atoms with Crippen LogP contribution in [-0.4, -0.2) is 37.1 Å². The first-order valence-electron chi connectivity index (χ1n) is 7.11. The zero-order chi connectivity index (χ0) is 15.1. The molecule has 0 unspecified atom stereocenters. The number of benzene rings is 1. The van der Waals surface area contributed by atoms with E-state index >= 15 is 0 Å². The number of nitrogens with one attached hydrogen (secondary N) is 2. The molecular weight excluding hydrogens is 308 g/mol. The van der Waals surface area contributed by atoms with Gasteiger partial charge in [-0.2, -0.15) is 0 Å². The number of amides is 1. The zero-order valence-corrected chi connectivity index (χ0v) is 13.7. The Morgan fingerprint density at radius 1 is 1.48 bits per heavy atom. The third kappa shape index (κ3) is 5.09. The fourth-order valence-corrected chi connectivity index (χ4v) is 3.59. The van der Waals surface area contributed by atoms with Crippen molar-refractivity contribution in [2.24, 2.45) is 0 Å². The number of hydrogen-bond donors (Lipinski definition) is 2. The van der Waals surface area contributed by atoms with Gasteiger partial charge < -0.3 is 15.4 Å². The van der Waals surface area contributed by atoms with Crippen LogP contribution in [0.5, 0.6) is 5.75 Å². The summed E-state index contributed by atoms with van der Waals surface area (Å²) < 4.78 is 5.27. The van der Waals surface area contributed by atoms with Gasteiger partial charge in [0.15, 0.2) is 0 Å². The molecule has 116 valence electrons. The lowest BCUT2D eigenvalue weighted by atomic mass is 10.2. The van der Waals surface area contributed by atoms with Gasteiger partial charge in [0.05, 0.1) is 12.9 Å². The first-order valence-corrected chi connectivity index (χ1v) is 8.53. The Labute approximate surface area is 135 Å². The molecule has 1 aromatic rings. The molecule has 0 radical (unpaired) electrons. The van der Waals surface area contributed by atoms with E-state index < -0.39 is 0 Å². The summed E-state index contributed by atoms with van der Waals surface area (Å²) in [5.41, 5.74) is 0.821. The molecule has 1 fully saturated rings. The summed E-state index contributed by atoms with van der Waals surface area (Å²) in [6, 6.07) is 5.48. The predicted molar refractivity (Wildman–Crippen MR) is 88.2 cm³/mol. The SMILES string of the molecule is COc1cccc(Cl)c1CNC(=O)CSC1CCNCC1. The second-order valence-corrected chi connectivity index (χ2v) is 6.65. The van der Waals surface area contributed by atoms with Gasteiger partial charge in [0, 0.05) is 22.4 Å². The molecule has 1 saturated heterocycles. The third-order valence-electron chi connectivity index (χ3n) is 3.49. The van der Waals surface area contributed by atoms with Gasteiger partial charge in [-0.05, 0) is 38.1 Å². The van der Waals surface area contributed by atoms with E-state index in [0.29, 0.717) is 28.3 Å². The van der Waals surface area contributed by atoms with Gasteiger partial charge >= 0.3 is 0 Å². The molecule has 0 bridgehead atoms. The molecule has 1 amide bonds. The molecule has 1 aliphatic rings. The average Bonchev–Trinajstić information content (AvgIpc) is 2.52. The number of hydrogen-bond acceptors (Lipinski definition) is 4. The number of carbonyl (C=O) groups excluding carboxylic acids is 1. The van der Waals surface area contributed by atoms with Gasteiger partial charge in [-0.1, -0.05) is 17.7 Å². The van der Waals surface area contributed by atoms with Crippen molar-refractivity contribution >= 4 is 29.3 Å². The van der Waals surface area contributed by atoms with E-state index in [1.165, 1.54) is 0 Å². The predicted octanol–water partition coefficient (Wildman–Crippen LogP) is 2.45. The highest BCUT2D eigenvalue weighted by Crippen LogP contribution is 2.26. The van der Waals surface area contributed by atoms with Crippen molar-refractivity contribution in [3.8, 4) is 5.75 Å². The van der Waals surface area contributed by atoms with Gasteiger partial charge in [-0.25, -0.2) is 0 Å². The van der Waals surface area contributed by atoms with Crippen LogP contribution in [0.25, 0.3) is 0 Å². The van der Waals surface area contributed by atoms with Crippen LogP contribution >= 0.6 is 23.4 Å². The molecule has 0 atom stereocenters. The highest BCUT2D eigenvalue weighted by molar-refractivity contribution is 8.00. The van der Waals surface area contributed by atoms with E-state index in [9.17, 15) is 4.79 Å². The molecule has 2 N–H and O–H groups in total. The van der Waals surface area contributed by atoms with Gasteiger partial charge in [0.1, 0.15) is 5.75 Å². The van der Waals surface area contributed by atoms with Crippen molar-refractivity contribution in [2.75, 3.05) is 26.0 Å². The maximum absolute atomic E-state index is 11.9. The van der Waals surface area contributed by atoms with Crippen LogP contribution < -0.4 is 15.4 Å². The Morgan fingerprint density at radius 3 is 2.95 bits per heavy atom. The summed E-state index contributed by atoms with van der Waals surface area (Å²) in [5, 5.41) is 7.44. The second kappa shape index (κ2) is 8.51. The zero-order valence-electron chi connectivity index (χ0n) is 12.2. The first-order chi connectivity index (χ1) is 10.2. The van der Waals surface area contributed by atoms with E-state index in [1.54, 1.807) is 24.9 Å². The van der Waals surface area contributed by atoms with Crippen molar-refractivity contribution in [1.29, 1.82) is 0 Å². The highest BCUT2D eigenvalue weighted by atomic mass is 35.5. The largest absolute Gasteiger partial charge is 0.496 e. The molecule has 1 aromatic carbocycles. The molecule has 1 aliphatic heterocycles. The van der Waals surface area contributed by atoms with Crippen LogP contribution in [0.2, 0.25) is 5.02 Å². The van der Waals surface area contributed by atoms with Crippen LogP contribution in [0.3, 0.4) is 0 Å². The second-order valence-electron chi connectivity index (χ2n) is 4.96. The van der Waals surface area contributed by atoms with Crippen LogP contribution in [0.1, 0.15) is 18.4 Å². The lowest BCUT2D eigenvalue weighted by Gasteiger charge is -2.21. The van der Waals surface area contributed by atoms with Crippen molar-refractivity contribution in [3.05, 3.63) is 28.8 Å². The normalized spacial score (nSPS) is 15.7. The van der Waals surface area contributed by atoms with Gasteiger partial charge in [-0.15, -0.1) is 11.8 Å². The Morgan fingerprint density at radius 2 is 2.24 bits per heavy atom. The molecule has 4 nitrogen and oxygen atoms in total. The molecular formula is C15H21ClN2O2S. The van der Waals surface area contributed by atoms with Crippen molar-refractivity contribution in [2.45, 2.75) is 24.6 Å². The van der Waals surface area contributed by atoms with Crippen molar-refractivity contribution in [1.82, 2.24) is 10.6 Å². The molecule has 0 spiro atoms. The Bertz CT molecular complexity index is 479. The molecule has 6 heteroatoms. The molecule has 0 aromatic heterocycles. The minimum absolute atomic E-state index is 0.0421. The minimum Gasteiger partial charge on any atom is -0.496 e. The number of ether oxygens (including phenoxy) is 1. The number of thioether (sulfide) groups is 1. The maximum Gasteiger partial charge on any atom is 0.230 e. The molecule has 1 heterocycles. The van der Waals surface area contributed by atoms with E-state index in [2.05, 4.69) is 10.6 Å². The number of carbonyl (C=O) groups is 1. The number of piperidine rings is 1. The standard InChI is InChI=1S/C15H21ClN2O2S/c1-20-14-4-2-3-13(16)12(14)9-18-15(19)10-21-11-5-7-17-8-6-11/h2-4,11,17H,5-10H2,1H3,(H,18,19). The fourth-order valence-electron chi connectivity index (χ4n) is 2.30.